The maximum atomic E-state index is 11.7. The summed E-state index contributed by atoms with van der Waals surface area (Å²) < 4.78 is 0. The van der Waals surface area contributed by atoms with Gasteiger partial charge in [-0.15, -0.1) is 0 Å². The average molecular weight is 245 g/mol. The average Bonchev–Trinajstić information content (AvgIpc) is 2.26. The van der Waals surface area contributed by atoms with Crippen LogP contribution in [0.2, 0.25) is 0 Å². The third-order valence-corrected chi connectivity index (χ3v) is 2.53. The summed E-state index contributed by atoms with van der Waals surface area (Å²) in [6.45, 7) is 5.54. The van der Waals surface area contributed by atoms with Crippen LogP contribution in [-0.2, 0) is 4.79 Å². The Morgan fingerprint density at radius 1 is 1.44 bits per heavy atom. The lowest BCUT2D eigenvalue weighted by Crippen LogP contribution is -2.39. The number of nitriles is 1. The van der Waals surface area contributed by atoms with Gasteiger partial charge in [0.2, 0.25) is 5.91 Å². The molecule has 0 saturated heterocycles. The van der Waals surface area contributed by atoms with Gasteiger partial charge in [0.1, 0.15) is 0 Å². The fourth-order valence-electron chi connectivity index (χ4n) is 1.64. The summed E-state index contributed by atoms with van der Waals surface area (Å²) >= 11 is 0. The molecular formula is C14H19N3O. The second-order valence-corrected chi connectivity index (χ2v) is 5.19. The van der Waals surface area contributed by atoms with Gasteiger partial charge >= 0.3 is 0 Å². The van der Waals surface area contributed by atoms with Crippen LogP contribution in [-0.4, -0.2) is 11.4 Å². The van der Waals surface area contributed by atoms with Gasteiger partial charge in [-0.2, -0.15) is 5.26 Å². The number of hydrogen-bond acceptors (Lipinski definition) is 3. The van der Waals surface area contributed by atoms with Crippen molar-refractivity contribution in [3.8, 4) is 6.07 Å². The Bertz CT molecular complexity index is 451. The van der Waals surface area contributed by atoms with Crippen molar-refractivity contribution in [3.63, 3.8) is 0 Å². The normalized spacial score (nSPS) is 12.6. The standard InChI is InChI=1S/C14H19N3O/c1-10(17-13(18)8-14(2,3)16)12-6-4-11(9-15)5-7-12/h4-7,10H,8,16H2,1-3H3,(H,17,18). The Morgan fingerprint density at radius 3 is 2.44 bits per heavy atom. The summed E-state index contributed by atoms with van der Waals surface area (Å²) in [4.78, 5) is 11.7. The number of benzene rings is 1. The summed E-state index contributed by atoms with van der Waals surface area (Å²) in [5, 5.41) is 11.6. The van der Waals surface area contributed by atoms with E-state index in [2.05, 4.69) is 11.4 Å². The molecule has 1 aromatic rings. The molecule has 1 amide bonds. The molecule has 1 aromatic carbocycles. The van der Waals surface area contributed by atoms with E-state index >= 15 is 0 Å². The lowest BCUT2D eigenvalue weighted by atomic mass is 10.0. The smallest absolute Gasteiger partial charge is 0.222 e. The first-order valence-corrected chi connectivity index (χ1v) is 5.90. The number of nitrogens with one attached hydrogen (secondary N) is 1. The summed E-state index contributed by atoms with van der Waals surface area (Å²) in [5.74, 6) is -0.0700. The van der Waals surface area contributed by atoms with Gasteiger partial charge < -0.3 is 11.1 Å². The van der Waals surface area contributed by atoms with E-state index in [1.165, 1.54) is 0 Å². The van der Waals surface area contributed by atoms with E-state index in [1.807, 2.05) is 32.9 Å². The lowest BCUT2D eigenvalue weighted by Gasteiger charge is -2.20. The zero-order valence-corrected chi connectivity index (χ0v) is 11.0. The first kappa shape index (κ1) is 14.2. The van der Waals surface area contributed by atoms with E-state index in [0.717, 1.165) is 5.56 Å². The molecule has 0 bridgehead atoms. The molecule has 1 unspecified atom stereocenters. The van der Waals surface area contributed by atoms with Gasteiger partial charge in [-0.25, -0.2) is 0 Å². The summed E-state index contributed by atoms with van der Waals surface area (Å²) in [6.07, 6.45) is 0.285. The van der Waals surface area contributed by atoms with E-state index < -0.39 is 5.54 Å². The van der Waals surface area contributed by atoms with Crippen molar-refractivity contribution in [1.29, 1.82) is 5.26 Å². The second kappa shape index (κ2) is 5.65. The molecule has 0 radical (unpaired) electrons. The minimum absolute atomic E-state index is 0.0700. The third kappa shape index (κ3) is 4.56. The highest BCUT2D eigenvalue weighted by molar-refractivity contribution is 5.77. The van der Waals surface area contributed by atoms with Crippen LogP contribution in [0.5, 0.6) is 0 Å². The van der Waals surface area contributed by atoms with Crippen molar-refractivity contribution in [2.75, 3.05) is 0 Å². The molecule has 1 rings (SSSR count). The maximum Gasteiger partial charge on any atom is 0.222 e. The molecule has 18 heavy (non-hydrogen) atoms. The highest BCUT2D eigenvalue weighted by Gasteiger charge is 2.18. The predicted molar refractivity (Wildman–Crippen MR) is 70.6 cm³/mol. The molecule has 0 aliphatic carbocycles. The Balaban J connectivity index is 2.62. The Labute approximate surface area is 108 Å². The van der Waals surface area contributed by atoms with Crippen LogP contribution in [0.25, 0.3) is 0 Å². The topological polar surface area (TPSA) is 78.9 Å². The minimum atomic E-state index is -0.505. The summed E-state index contributed by atoms with van der Waals surface area (Å²) in [6, 6.07) is 9.14. The van der Waals surface area contributed by atoms with Crippen molar-refractivity contribution in [2.45, 2.75) is 38.8 Å². The fraction of sp³-hybridized carbons (Fsp3) is 0.429. The van der Waals surface area contributed by atoms with Crippen LogP contribution < -0.4 is 11.1 Å². The summed E-state index contributed by atoms with van der Waals surface area (Å²) in [5.41, 5.74) is 6.87. The number of hydrogen-bond donors (Lipinski definition) is 2. The zero-order valence-electron chi connectivity index (χ0n) is 11.0. The van der Waals surface area contributed by atoms with Gasteiger partial charge in [-0.05, 0) is 38.5 Å². The first-order valence-electron chi connectivity index (χ1n) is 5.90. The highest BCUT2D eigenvalue weighted by atomic mass is 16.1. The molecule has 3 N–H and O–H groups in total. The van der Waals surface area contributed by atoms with Crippen LogP contribution in [0.15, 0.2) is 24.3 Å². The van der Waals surface area contributed by atoms with Crippen molar-refractivity contribution < 1.29 is 4.79 Å². The van der Waals surface area contributed by atoms with Crippen LogP contribution >= 0.6 is 0 Å². The maximum absolute atomic E-state index is 11.7. The third-order valence-electron chi connectivity index (χ3n) is 2.53. The van der Waals surface area contributed by atoms with Gasteiger partial charge in [0.15, 0.2) is 0 Å². The van der Waals surface area contributed by atoms with E-state index in [-0.39, 0.29) is 18.4 Å². The number of carbonyl (C=O) groups excluding carboxylic acids is 1. The number of nitrogens with two attached hydrogens (primary N) is 1. The predicted octanol–water partition coefficient (Wildman–Crippen LogP) is 1.86. The number of carbonyl (C=O) groups is 1. The van der Waals surface area contributed by atoms with Crippen molar-refractivity contribution in [3.05, 3.63) is 35.4 Å². The zero-order chi connectivity index (χ0) is 13.8. The molecule has 0 aromatic heterocycles. The van der Waals surface area contributed by atoms with Gasteiger partial charge in [-0.1, -0.05) is 12.1 Å². The Morgan fingerprint density at radius 2 is 2.00 bits per heavy atom. The van der Waals surface area contributed by atoms with Crippen molar-refractivity contribution >= 4 is 5.91 Å². The van der Waals surface area contributed by atoms with E-state index in [1.54, 1.807) is 12.1 Å². The molecule has 0 spiro atoms. The molecule has 4 nitrogen and oxygen atoms in total. The molecule has 4 heteroatoms. The number of rotatable bonds is 4. The van der Waals surface area contributed by atoms with Crippen LogP contribution in [0.1, 0.15) is 44.4 Å². The molecular weight excluding hydrogens is 226 g/mol. The number of nitrogens with zero attached hydrogens (tertiary/aromatic N) is 1. The minimum Gasteiger partial charge on any atom is -0.350 e. The first-order chi connectivity index (χ1) is 8.31. The molecule has 1 atom stereocenters. The molecule has 0 heterocycles. The van der Waals surface area contributed by atoms with Gasteiger partial charge in [0.05, 0.1) is 17.7 Å². The van der Waals surface area contributed by atoms with E-state index in [9.17, 15) is 4.79 Å². The molecule has 96 valence electrons. The van der Waals surface area contributed by atoms with E-state index in [0.29, 0.717) is 5.56 Å². The summed E-state index contributed by atoms with van der Waals surface area (Å²) in [7, 11) is 0. The molecule has 0 aliphatic heterocycles. The van der Waals surface area contributed by atoms with Gasteiger partial charge in [-0.3, -0.25) is 4.79 Å². The van der Waals surface area contributed by atoms with Gasteiger partial charge in [0, 0.05) is 12.0 Å². The lowest BCUT2D eigenvalue weighted by molar-refractivity contribution is -0.122. The van der Waals surface area contributed by atoms with Crippen LogP contribution in [0.3, 0.4) is 0 Å². The monoisotopic (exact) mass is 245 g/mol. The quantitative estimate of drug-likeness (QED) is 0.849. The van der Waals surface area contributed by atoms with E-state index in [4.69, 9.17) is 11.0 Å². The highest BCUT2D eigenvalue weighted by Crippen LogP contribution is 2.14. The van der Waals surface area contributed by atoms with Crippen molar-refractivity contribution in [1.82, 2.24) is 5.32 Å². The Hall–Kier alpha value is -1.86. The Kier molecular flexibility index (Phi) is 4.46. The largest absolute Gasteiger partial charge is 0.350 e. The molecule has 0 aliphatic rings. The second-order valence-electron chi connectivity index (χ2n) is 5.19. The number of amides is 1. The van der Waals surface area contributed by atoms with Gasteiger partial charge in [0.25, 0.3) is 0 Å². The molecule has 0 saturated carbocycles. The SMILES string of the molecule is CC(NC(=O)CC(C)(C)N)c1ccc(C#N)cc1. The van der Waals surface area contributed by atoms with Crippen molar-refractivity contribution in [2.24, 2.45) is 5.73 Å². The fourth-order valence-corrected chi connectivity index (χ4v) is 1.64. The van der Waals surface area contributed by atoms with Crippen LogP contribution in [0, 0.1) is 11.3 Å². The molecule has 0 fully saturated rings. The van der Waals surface area contributed by atoms with Crippen LogP contribution in [0.4, 0.5) is 0 Å².